The van der Waals surface area contributed by atoms with Gasteiger partial charge in [-0.25, -0.2) is 13.1 Å². The highest BCUT2D eigenvalue weighted by atomic mass is 35.5. The van der Waals surface area contributed by atoms with E-state index in [9.17, 15) is 13.2 Å². The maximum Gasteiger partial charge on any atom is 0.237 e. The third kappa shape index (κ3) is 5.96. The first-order chi connectivity index (χ1) is 6.82. The number of carbonyl (C=O) groups excluding carboxylic acids is 1. The van der Waals surface area contributed by atoms with E-state index in [1.165, 1.54) is 7.05 Å². The lowest BCUT2D eigenvalue weighted by Crippen LogP contribution is -2.46. The average Bonchev–Trinajstić information content (AvgIpc) is 2.14. The van der Waals surface area contributed by atoms with E-state index in [1.54, 1.807) is 0 Å². The Morgan fingerprint density at radius 1 is 1.40 bits per heavy atom. The molecule has 0 aliphatic heterocycles. The number of sulfonamides is 1. The van der Waals surface area contributed by atoms with E-state index < -0.39 is 21.3 Å². The average molecular weight is 257 g/mol. The van der Waals surface area contributed by atoms with Crippen LogP contribution in [0.4, 0.5) is 0 Å². The lowest BCUT2D eigenvalue weighted by atomic mass is 10.0. The van der Waals surface area contributed by atoms with Gasteiger partial charge in [0.2, 0.25) is 15.9 Å². The molecule has 1 atom stereocenters. The number of halogens is 1. The topological polar surface area (TPSA) is 75.3 Å². The molecule has 0 fully saturated rings. The largest absolute Gasteiger partial charge is 0.358 e. The smallest absolute Gasteiger partial charge is 0.237 e. The molecule has 0 aromatic heterocycles. The summed E-state index contributed by atoms with van der Waals surface area (Å²) < 4.78 is 24.6. The van der Waals surface area contributed by atoms with Crippen LogP contribution < -0.4 is 10.0 Å². The van der Waals surface area contributed by atoms with E-state index in [0.717, 1.165) is 0 Å². The molecule has 1 amide bonds. The first-order valence-corrected chi connectivity index (χ1v) is 6.78. The van der Waals surface area contributed by atoms with Gasteiger partial charge in [-0.1, -0.05) is 13.8 Å². The highest BCUT2D eigenvalue weighted by Crippen LogP contribution is 2.06. The van der Waals surface area contributed by atoms with Gasteiger partial charge in [0, 0.05) is 7.05 Å². The Balaban J connectivity index is 4.58. The van der Waals surface area contributed by atoms with Gasteiger partial charge in [-0.2, -0.15) is 0 Å². The minimum Gasteiger partial charge on any atom is -0.358 e. The zero-order chi connectivity index (χ0) is 12.1. The predicted octanol–water partition coefficient (Wildman–Crippen LogP) is 0.263. The van der Waals surface area contributed by atoms with Gasteiger partial charge < -0.3 is 5.32 Å². The third-order valence-electron chi connectivity index (χ3n) is 1.74. The minimum atomic E-state index is -3.56. The Morgan fingerprint density at radius 3 is 2.27 bits per heavy atom. The monoisotopic (exact) mass is 256 g/mol. The van der Waals surface area contributed by atoms with Crippen molar-refractivity contribution in [3.63, 3.8) is 0 Å². The molecule has 0 rings (SSSR count). The van der Waals surface area contributed by atoms with Gasteiger partial charge in [-0.15, -0.1) is 11.6 Å². The summed E-state index contributed by atoms with van der Waals surface area (Å²) in [5.41, 5.74) is 0. The zero-order valence-corrected chi connectivity index (χ0v) is 10.7. The fourth-order valence-corrected chi connectivity index (χ4v) is 1.99. The molecule has 0 aliphatic carbocycles. The van der Waals surface area contributed by atoms with Crippen LogP contribution in [0.25, 0.3) is 0 Å². The summed E-state index contributed by atoms with van der Waals surface area (Å²) in [5.74, 6) is -0.136. The van der Waals surface area contributed by atoms with Crippen LogP contribution in [-0.4, -0.2) is 32.6 Å². The van der Waals surface area contributed by atoms with Crippen molar-refractivity contribution < 1.29 is 13.2 Å². The molecule has 15 heavy (non-hydrogen) atoms. The maximum absolute atomic E-state index is 11.4. The van der Waals surface area contributed by atoms with Crippen LogP contribution in [0.3, 0.4) is 0 Å². The second-order valence-corrected chi connectivity index (χ2v) is 5.98. The summed E-state index contributed by atoms with van der Waals surface area (Å²) in [6.07, 6.45) is 0.440. The van der Waals surface area contributed by atoms with Gasteiger partial charge in [0.05, 0.1) is 0 Å². The molecule has 90 valence electrons. The van der Waals surface area contributed by atoms with Crippen molar-refractivity contribution in [2.24, 2.45) is 5.92 Å². The van der Waals surface area contributed by atoms with Crippen molar-refractivity contribution in [2.75, 3.05) is 12.3 Å². The van der Waals surface area contributed by atoms with Crippen LogP contribution in [0, 0.1) is 5.92 Å². The molecule has 0 aromatic rings. The predicted molar refractivity (Wildman–Crippen MR) is 60.1 cm³/mol. The third-order valence-corrected chi connectivity index (χ3v) is 3.53. The molecule has 0 saturated carbocycles. The first kappa shape index (κ1) is 14.7. The van der Waals surface area contributed by atoms with Crippen LogP contribution in [0.15, 0.2) is 0 Å². The standard InChI is InChI=1S/C8H17ClN2O3S/c1-6(2)4-7(8(12)10-3)11-15(13,14)5-9/h6-7,11H,4-5H2,1-3H3,(H,10,12). The van der Waals surface area contributed by atoms with Crippen molar-refractivity contribution in [2.45, 2.75) is 26.3 Å². The van der Waals surface area contributed by atoms with Crippen molar-refractivity contribution in [1.29, 1.82) is 0 Å². The Morgan fingerprint density at radius 2 is 1.93 bits per heavy atom. The molecule has 0 radical (unpaired) electrons. The van der Waals surface area contributed by atoms with Gasteiger partial charge in [-0.05, 0) is 12.3 Å². The summed E-state index contributed by atoms with van der Waals surface area (Å²) in [6, 6.07) is -0.751. The van der Waals surface area contributed by atoms with E-state index in [4.69, 9.17) is 11.6 Å². The van der Waals surface area contributed by atoms with Gasteiger partial charge in [0.15, 0.2) is 0 Å². The van der Waals surface area contributed by atoms with E-state index in [1.807, 2.05) is 13.8 Å². The molecular formula is C8H17ClN2O3S. The van der Waals surface area contributed by atoms with E-state index in [0.29, 0.717) is 6.42 Å². The van der Waals surface area contributed by atoms with Crippen molar-refractivity contribution in [1.82, 2.24) is 10.0 Å². The maximum atomic E-state index is 11.4. The van der Waals surface area contributed by atoms with E-state index in [-0.39, 0.29) is 11.8 Å². The summed E-state index contributed by atoms with van der Waals surface area (Å²) in [7, 11) is -2.10. The highest BCUT2D eigenvalue weighted by Gasteiger charge is 2.23. The number of rotatable bonds is 6. The van der Waals surface area contributed by atoms with Gasteiger partial charge in [-0.3, -0.25) is 4.79 Å². The van der Waals surface area contributed by atoms with Gasteiger partial charge in [0.1, 0.15) is 11.3 Å². The van der Waals surface area contributed by atoms with Gasteiger partial charge in [0.25, 0.3) is 0 Å². The molecule has 5 nitrogen and oxygen atoms in total. The number of nitrogens with one attached hydrogen (secondary N) is 2. The molecule has 0 aromatic carbocycles. The molecule has 0 heterocycles. The van der Waals surface area contributed by atoms with Crippen molar-refractivity contribution in [3.8, 4) is 0 Å². The SMILES string of the molecule is CNC(=O)C(CC(C)C)NS(=O)(=O)CCl. The van der Waals surface area contributed by atoms with Gasteiger partial charge >= 0.3 is 0 Å². The Kier molecular flexibility index (Phi) is 6.16. The molecule has 7 heteroatoms. The number of alkyl halides is 1. The fourth-order valence-electron chi connectivity index (χ4n) is 1.10. The molecule has 0 saturated heterocycles. The van der Waals surface area contributed by atoms with E-state index in [2.05, 4.69) is 10.0 Å². The number of amides is 1. The molecule has 1 unspecified atom stereocenters. The first-order valence-electron chi connectivity index (χ1n) is 4.60. The molecule has 2 N–H and O–H groups in total. The summed E-state index contributed by atoms with van der Waals surface area (Å²) in [5, 5.41) is 1.87. The zero-order valence-electron chi connectivity index (χ0n) is 9.08. The Hall–Kier alpha value is -0.330. The number of hydrogen-bond donors (Lipinski definition) is 2. The summed E-state index contributed by atoms with van der Waals surface area (Å²) >= 11 is 5.24. The molecule has 0 spiro atoms. The normalized spacial score (nSPS) is 13.9. The Bertz CT molecular complexity index is 303. The lowest BCUT2D eigenvalue weighted by molar-refractivity contribution is -0.122. The lowest BCUT2D eigenvalue weighted by Gasteiger charge is -2.18. The highest BCUT2D eigenvalue weighted by molar-refractivity contribution is 7.90. The van der Waals surface area contributed by atoms with Crippen LogP contribution in [0.5, 0.6) is 0 Å². The number of likely N-dealkylation sites (N-methyl/N-ethyl adjacent to an activating group) is 1. The van der Waals surface area contributed by atoms with Crippen LogP contribution in [-0.2, 0) is 14.8 Å². The van der Waals surface area contributed by atoms with Crippen molar-refractivity contribution >= 4 is 27.5 Å². The Labute approximate surface area is 95.6 Å². The second kappa shape index (κ2) is 6.30. The molecule has 0 bridgehead atoms. The quantitative estimate of drug-likeness (QED) is 0.670. The minimum absolute atomic E-state index is 0.213. The fraction of sp³-hybridized carbons (Fsp3) is 0.875. The number of hydrogen-bond acceptors (Lipinski definition) is 3. The summed E-state index contributed by atoms with van der Waals surface area (Å²) in [4.78, 5) is 11.4. The van der Waals surface area contributed by atoms with Crippen LogP contribution in [0.2, 0.25) is 0 Å². The van der Waals surface area contributed by atoms with E-state index >= 15 is 0 Å². The second-order valence-electron chi connectivity index (χ2n) is 3.64. The van der Waals surface area contributed by atoms with Crippen molar-refractivity contribution in [3.05, 3.63) is 0 Å². The molecular weight excluding hydrogens is 240 g/mol. The number of carbonyl (C=O) groups is 1. The van der Waals surface area contributed by atoms with Crippen LogP contribution in [0.1, 0.15) is 20.3 Å². The van der Waals surface area contributed by atoms with Crippen LogP contribution >= 0.6 is 11.6 Å². The summed E-state index contributed by atoms with van der Waals surface area (Å²) in [6.45, 7) is 3.82. The molecule has 0 aliphatic rings.